The lowest BCUT2D eigenvalue weighted by Gasteiger charge is -2.34. The average Bonchev–Trinajstić information content (AvgIpc) is 3.02. The molecular weight excluding hydrogens is 302 g/mol. The van der Waals surface area contributed by atoms with E-state index in [1.165, 1.54) is 5.56 Å². The van der Waals surface area contributed by atoms with Crippen molar-refractivity contribution in [2.24, 2.45) is 7.05 Å². The number of carbonyl (C=O) groups is 1. The number of anilines is 2. The van der Waals surface area contributed by atoms with Gasteiger partial charge in [0.2, 0.25) is 11.9 Å². The Bertz CT molecular complexity index is 671. The van der Waals surface area contributed by atoms with Gasteiger partial charge < -0.3 is 14.8 Å². The van der Waals surface area contributed by atoms with Crippen LogP contribution in [0.3, 0.4) is 0 Å². The molecule has 0 bridgehead atoms. The van der Waals surface area contributed by atoms with E-state index in [1.54, 1.807) is 0 Å². The van der Waals surface area contributed by atoms with Crippen molar-refractivity contribution >= 4 is 17.5 Å². The fourth-order valence-electron chi connectivity index (χ4n) is 3.00. The van der Waals surface area contributed by atoms with E-state index >= 15 is 0 Å². The molecule has 1 saturated heterocycles. The number of hydrogen-bond acceptors (Lipinski definition) is 4. The van der Waals surface area contributed by atoms with E-state index in [4.69, 9.17) is 0 Å². The van der Waals surface area contributed by atoms with Crippen LogP contribution in [-0.4, -0.2) is 53.1 Å². The summed E-state index contributed by atoms with van der Waals surface area (Å²) in [5.41, 5.74) is 2.14. The summed E-state index contributed by atoms with van der Waals surface area (Å²) in [6, 6.07) is 8.05. The van der Waals surface area contributed by atoms with Crippen LogP contribution in [0.15, 0.2) is 36.7 Å². The first-order chi connectivity index (χ1) is 11.7. The van der Waals surface area contributed by atoms with Crippen molar-refractivity contribution in [1.82, 2.24) is 14.5 Å². The molecule has 1 aliphatic rings. The van der Waals surface area contributed by atoms with Crippen molar-refractivity contribution in [2.45, 2.75) is 13.3 Å². The number of imidazole rings is 1. The lowest BCUT2D eigenvalue weighted by atomic mass is 10.1. The third-order valence-corrected chi connectivity index (χ3v) is 4.46. The number of aryl methyl sites for hydroxylation is 2. The highest BCUT2D eigenvalue weighted by Gasteiger charge is 2.21. The minimum absolute atomic E-state index is 0.0460. The van der Waals surface area contributed by atoms with Gasteiger partial charge in [-0.05, 0) is 24.1 Å². The van der Waals surface area contributed by atoms with Crippen LogP contribution in [0.1, 0.15) is 12.5 Å². The molecule has 1 aliphatic heterocycles. The molecule has 128 valence electrons. The second-order valence-electron chi connectivity index (χ2n) is 6.20. The molecule has 1 aromatic heterocycles. The average molecular weight is 327 g/mol. The predicted molar refractivity (Wildman–Crippen MR) is 96.3 cm³/mol. The second kappa shape index (κ2) is 7.49. The summed E-state index contributed by atoms with van der Waals surface area (Å²) in [7, 11) is 2.01. The lowest BCUT2D eigenvalue weighted by Crippen LogP contribution is -2.49. The third-order valence-electron chi connectivity index (χ3n) is 4.46. The Kier molecular flexibility index (Phi) is 5.15. The summed E-state index contributed by atoms with van der Waals surface area (Å²) >= 11 is 0. The number of benzene rings is 1. The Morgan fingerprint density at radius 3 is 2.46 bits per heavy atom. The van der Waals surface area contributed by atoms with E-state index in [2.05, 4.69) is 39.2 Å². The Hall–Kier alpha value is -2.34. The molecule has 2 heterocycles. The largest absolute Gasteiger partial charge is 0.340 e. The van der Waals surface area contributed by atoms with Gasteiger partial charge in [0.25, 0.3) is 0 Å². The normalized spacial score (nSPS) is 15.5. The molecule has 1 amide bonds. The van der Waals surface area contributed by atoms with Gasteiger partial charge in [0.1, 0.15) is 0 Å². The van der Waals surface area contributed by atoms with Crippen LogP contribution < -0.4 is 10.2 Å². The zero-order valence-corrected chi connectivity index (χ0v) is 14.4. The first kappa shape index (κ1) is 16.5. The van der Waals surface area contributed by atoms with E-state index < -0.39 is 0 Å². The molecular formula is C18H25N5O. The fourth-order valence-corrected chi connectivity index (χ4v) is 3.00. The first-order valence-corrected chi connectivity index (χ1v) is 8.49. The van der Waals surface area contributed by atoms with Crippen molar-refractivity contribution in [3.8, 4) is 0 Å². The Balaban J connectivity index is 1.47. The van der Waals surface area contributed by atoms with E-state index in [9.17, 15) is 4.79 Å². The number of aromatic nitrogens is 2. The molecule has 2 aromatic rings. The Morgan fingerprint density at radius 2 is 1.88 bits per heavy atom. The van der Waals surface area contributed by atoms with Crippen LogP contribution in [0, 0.1) is 0 Å². The summed E-state index contributed by atoms with van der Waals surface area (Å²) in [4.78, 5) is 21.1. The molecule has 6 nitrogen and oxygen atoms in total. The lowest BCUT2D eigenvalue weighted by molar-refractivity contribution is -0.117. The van der Waals surface area contributed by atoms with Gasteiger partial charge in [-0.15, -0.1) is 0 Å². The number of rotatable bonds is 5. The smallest absolute Gasteiger partial charge is 0.238 e. The Morgan fingerprint density at radius 1 is 1.17 bits per heavy atom. The van der Waals surface area contributed by atoms with Gasteiger partial charge in [-0.25, -0.2) is 4.98 Å². The monoisotopic (exact) mass is 327 g/mol. The molecule has 3 rings (SSSR count). The second-order valence-corrected chi connectivity index (χ2v) is 6.20. The zero-order chi connectivity index (χ0) is 16.9. The molecule has 0 radical (unpaired) electrons. The maximum atomic E-state index is 12.2. The zero-order valence-electron chi connectivity index (χ0n) is 14.4. The van der Waals surface area contributed by atoms with Gasteiger partial charge in [0.15, 0.2) is 0 Å². The molecule has 0 saturated carbocycles. The summed E-state index contributed by atoms with van der Waals surface area (Å²) in [5, 5.41) is 2.98. The summed E-state index contributed by atoms with van der Waals surface area (Å²) < 4.78 is 2.03. The van der Waals surface area contributed by atoms with Crippen molar-refractivity contribution < 1.29 is 4.79 Å². The van der Waals surface area contributed by atoms with Crippen LogP contribution >= 0.6 is 0 Å². The standard InChI is InChI=1S/C18H25N5O/c1-3-15-4-6-16(7-5-15)20-17(24)14-22-10-12-23(13-11-22)18-19-8-9-21(18)2/h4-9H,3,10-14H2,1-2H3,(H,20,24). The minimum Gasteiger partial charge on any atom is -0.340 e. The highest BCUT2D eigenvalue weighted by Crippen LogP contribution is 2.13. The van der Waals surface area contributed by atoms with Crippen LogP contribution in [0.5, 0.6) is 0 Å². The number of carbonyl (C=O) groups excluding carboxylic acids is 1. The van der Waals surface area contributed by atoms with Gasteiger partial charge in [-0.3, -0.25) is 9.69 Å². The maximum Gasteiger partial charge on any atom is 0.238 e. The topological polar surface area (TPSA) is 53.4 Å². The van der Waals surface area contributed by atoms with Gasteiger partial charge in [-0.1, -0.05) is 19.1 Å². The minimum atomic E-state index is 0.0460. The molecule has 1 aromatic carbocycles. The summed E-state index contributed by atoms with van der Waals surface area (Å²) in [6.07, 6.45) is 4.78. The van der Waals surface area contributed by atoms with Crippen LogP contribution in [-0.2, 0) is 18.3 Å². The Labute approximate surface area is 143 Å². The third kappa shape index (κ3) is 3.94. The SMILES string of the molecule is CCc1ccc(NC(=O)CN2CCN(c3nccn3C)CC2)cc1. The summed E-state index contributed by atoms with van der Waals surface area (Å²) in [5.74, 6) is 1.04. The highest BCUT2D eigenvalue weighted by atomic mass is 16.2. The predicted octanol–water partition coefficient (Wildman–Crippen LogP) is 1.74. The number of piperazine rings is 1. The van der Waals surface area contributed by atoms with E-state index in [-0.39, 0.29) is 5.91 Å². The molecule has 1 N–H and O–H groups in total. The fraction of sp³-hybridized carbons (Fsp3) is 0.444. The summed E-state index contributed by atoms with van der Waals surface area (Å²) in [6.45, 7) is 6.08. The first-order valence-electron chi connectivity index (χ1n) is 8.49. The van der Waals surface area contributed by atoms with Gasteiger partial charge in [-0.2, -0.15) is 0 Å². The van der Waals surface area contributed by atoms with Crippen LogP contribution in [0.2, 0.25) is 0 Å². The molecule has 0 atom stereocenters. The quantitative estimate of drug-likeness (QED) is 0.909. The van der Waals surface area contributed by atoms with E-state index in [0.29, 0.717) is 6.54 Å². The van der Waals surface area contributed by atoms with Gasteiger partial charge in [0, 0.05) is 51.3 Å². The highest BCUT2D eigenvalue weighted by molar-refractivity contribution is 5.92. The molecule has 0 unspecified atom stereocenters. The number of amides is 1. The van der Waals surface area contributed by atoms with Crippen molar-refractivity contribution in [3.05, 3.63) is 42.2 Å². The van der Waals surface area contributed by atoms with E-state index in [0.717, 1.165) is 44.2 Å². The van der Waals surface area contributed by atoms with Crippen LogP contribution in [0.4, 0.5) is 11.6 Å². The van der Waals surface area contributed by atoms with Crippen molar-refractivity contribution in [2.75, 3.05) is 42.9 Å². The van der Waals surface area contributed by atoms with Gasteiger partial charge >= 0.3 is 0 Å². The van der Waals surface area contributed by atoms with Crippen molar-refractivity contribution in [3.63, 3.8) is 0 Å². The molecule has 1 fully saturated rings. The molecule has 24 heavy (non-hydrogen) atoms. The molecule has 0 aliphatic carbocycles. The number of hydrogen-bond donors (Lipinski definition) is 1. The van der Waals surface area contributed by atoms with Crippen LogP contribution in [0.25, 0.3) is 0 Å². The number of nitrogens with one attached hydrogen (secondary N) is 1. The molecule has 0 spiro atoms. The maximum absolute atomic E-state index is 12.2. The van der Waals surface area contributed by atoms with E-state index in [1.807, 2.05) is 36.1 Å². The molecule has 6 heteroatoms. The van der Waals surface area contributed by atoms with Gasteiger partial charge in [0.05, 0.1) is 6.54 Å². The number of nitrogens with zero attached hydrogens (tertiary/aromatic N) is 4. The van der Waals surface area contributed by atoms with Crippen molar-refractivity contribution in [1.29, 1.82) is 0 Å².